The molecule has 0 N–H and O–H groups in total. The number of benzene rings is 1. The highest BCUT2D eigenvalue weighted by molar-refractivity contribution is 5.76. The summed E-state index contributed by atoms with van der Waals surface area (Å²) in [4.78, 5) is 25.5. The molecule has 168 valence electrons. The summed E-state index contributed by atoms with van der Waals surface area (Å²) < 4.78 is 11.4. The van der Waals surface area contributed by atoms with E-state index in [-0.39, 0.29) is 11.9 Å². The number of ether oxygens (including phenoxy) is 2. The van der Waals surface area contributed by atoms with Gasteiger partial charge in [-0.3, -0.25) is 4.79 Å². The molecule has 2 aromatic rings. The van der Waals surface area contributed by atoms with Crippen LogP contribution in [0, 0.1) is 6.92 Å². The van der Waals surface area contributed by atoms with E-state index in [2.05, 4.69) is 28.7 Å². The van der Waals surface area contributed by atoms with Gasteiger partial charge >= 0.3 is 0 Å². The molecule has 0 radical (unpaired) electrons. The van der Waals surface area contributed by atoms with Gasteiger partial charge in [0, 0.05) is 38.2 Å². The Morgan fingerprint density at radius 1 is 1.13 bits per heavy atom. The molecule has 1 aromatic heterocycles. The Hall–Kier alpha value is -2.83. The molecule has 2 heterocycles. The molecule has 31 heavy (non-hydrogen) atoms. The van der Waals surface area contributed by atoms with Crippen molar-refractivity contribution in [2.24, 2.45) is 0 Å². The second-order valence-electron chi connectivity index (χ2n) is 8.16. The normalized spacial score (nSPS) is 16.3. The minimum absolute atomic E-state index is 0.143. The predicted octanol–water partition coefficient (Wildman–Crippen LogP) is 4.59. The number of carbonyl (C=O) groups excluding carboxylic acids is 1. The van der Waals surface area contributed by atoms with Crippen LogP contribution in [0.4, 0.5) is 5.82 Å². The van der Waals surface area contributed by atoms with Crippen LogP contribution < -0.4 is 14.4 Å². The van der Waals surface area contributed by atoms with E-state index in [4.69, 9.17) is 9.47 Å². The molecular formula is C24H34N4O3. The summed E-state index contributed by atoms with van der Waals surface area (Å²) >= 11 is 0. The fourth-order valence-electron chi connectivity index (χ4n) is 3.91. The highest BCUT2D eigenvalue weighted by Gasteiger charge is 2.28. The van der Waals surface area contributed by atoms with Gasteiger partial charge < -0.3 is 19.3 Å². The zero-order valence-corrected chi connectivity index (χ0v) is 19.1. The number of unbranched alkanes of at least 4 members (excludes halogenated alkanes) is 3. The van der Waals surface area contributed by atoms with Gasteiger partial charge in [-0.25, -0.2) is 9.97 Å². The van der Waals surface area contributed by atoms with E-state index in [1.807, 2.05) is 36.1 Å². The number of hydrogen-bond donors (Lipinski definition) is 0. The lowest BCUT2D eigenvalue weighted by Crippen LogP contribution is -2.54. The van der Waals surface area contributed by atoms with Crippen LogP contribution in [0.25, 0.3) is 0 Å². The Kier molecular flexibility index (Phi) is 8.09. The van der Waals surface area contributed by atoms with Crippen LogP contribution in [0.5, 0.6) is 17.4 Å². The van der Waals surface area contributed by atoms with Crippen molar-refractivity contribution in [2.45, 2.75) is 58.9 Å². The van der Waals surface area contributed by atoms with Crippen LogP contribution in [-0.4, -0.2) is 53.6 Å². The molecule has 3 rings (SSSR count). The Morgan fingerprint density at radius 3 is 2.71 bits per heavy atom. The molecule has 1 saturated heterocycles. The van der Waals surface area contributed by atoms with Gasteiger partial charge in [0.05, 0.1) is 7.11 Å². The summed E-state index contributed by atoms with van der Waals surface area (Å²) in [5.41, 5.74) is 1.10. The van der Waals surface area contributed by atoms with E-state index in [9.17, 15) is 4.79 Å². The van der Waals surface area contributed by atoms with E-state index in [1.54, 1.807) is 7.11 Å². The van der Waals surface area contributed by atoms with Crippen LogP contribution in [-0.2, 0) is 4.79 Å². The van der Waals surface area contributed by atoms with Crippen LogP contribution in [0.1, 0.15) is 51.5 Å². The maximum Gasteiger partial charge on any atom is 0.224 e. The van der Waals surface area contributed by atoms with Crippen molar-refractivity contribution in [3.63, 3.8) is 0 Å². The first-order chi connectivity index (χ1) is 15.0. The second kappa shape index (κ2) is 11.0. The largest absolute Gasteiger partial charge is 0.493 e. The monoisotopic (exact) mass is 426 g/mol. The number of methoxy groups -OCH3 is 1. The lowest BCUT2D eigenvalue weighted by Gasteiger charge is -2.40. The van der Waals surface area contributed by atoms with Gasteiger partial charge in [0.25, 0.3) is 0 Å². The quantitative estimate of drug-likeness (QED) is 0.546. The highest BCUT2D eigenvalue weighted by Crippen LogP contribution is 2.32. The Morgan fingerprint density at radius 2 is 1.97 bits per heavy atom. The van der Waals surface area contributed by atoms with Gasteiger partial charge in [0.1, 0.15) is 12.1 Å². The predicted molar refractivity (Wildman–Crippen MR) is 122 cm³/mol. The molecule has 1 fully saturated rings. The zero-order valence-electron chi connectivity index (χ0n) is 19.1. The van der Waals surface area contributed by atoms with E-state index in [0.29, 0.717) is 30.3 Å². The first kappa shape index (κ1) is 22.8. The lowest BCUT2D eigenvalue weighted by atomic mass is 10.1. The first-order valence-electron chi connectivity index (χ1n) is 11.2. The van der Waals surface area contributed by atoms with E-state index >= 15 is 0 Å². The van der Waals surface area contributed by atoms with Crippen molar-refractivity contribution in [3.05, 3.63) is 36.2 Å². The molecule has 0 spiro atoms. The second-order valence-corrected chi connectivity index (χ2v) is 8.16. The molecule has 0 unspecified atom stereocenters. The molecule has 0 bridgehead atoms. The first-order valence-corrected chi connectivity index (χ1v) is 11.2. The van der Waals surface area contributed by atoms with Crippen molar-refractivity contribution < 1.29 is 14.3 Å². The third-order valence-electron chi connectivity index (χ3n) is 5.68. The van der Waals surface area contributed by atoms with Gasteiger partial charge in [-0.2, -0.15) is 0 Å². The average molecular weight is 427 g/mol. The number of anilines is 1. The molecule has 7 heteroatoms. The molecule has 0 aliphatic carbocycles. The summed E-state index contributed by atoms with van der Waals surface area (Å²) in [6.07, 6.45) is 6.66. The summed E-state index contributed by atoms with van der Waals surface area (Å²) in [6.45, 7) is 8.49. The van der Waals surface area contributed by atoms with Gasteiger partial charge in [-0.05, 0) is 38.0 Å². The SMILES string of the molecule is CCCCCCC(=O)N1CCN(c2cc(Oc3ccc(C)cc3OC)ncn2)C[C@H]1C. The fourth-order valence-corrected chi connectivity index (χ4v) is 3.91. The summed E-state index contributed by atoms with van der Waals surface area (Å²) in [7, 11) is 1.62. The number of aromatic nitrogens is 2. The Labute approximate surface area is 185 Å². The zero-order chi connectivity index (χ0) is 22.2. The Bertz CT molecular complexity index is 874. The standard InChI is InChI=1S/C24H34N4O3/c1-5-6-7-8-9-24(29)28-13-12-27(16-19(28)3)22-15-23(26-17-25-22)31-20-11-10-18(2)14-21(20)30-4/h10-11,14-15,17,19H,5-9,12-13,16H2,1-4H3/t19-/m1/s1. The molecule has 1 atom stereocenters. The van der Waals surface area contributed by atoms with Gasteiger partial charge in [-0.15, -0.1) is 0 Å². The van der Waals surface area contributed by atoms with Crippen molar-refractivity contribution in [2.75, 3.05) is 31.6 Å². The van der Waals surface area contributed by atoms with Gasteiger partial charge in [0.15, 0.2) is 11.5 Å². The van der Waals surface area contributed by atoms with Crippen molar-refractivity contribution in [1.29, 1.82) is 0 Å². The Balaban J connectivity index is 1.61. The third kappa shape index (κ3) is 6.09. The molecular weight excluding hydrogens is 392 g/mol. The maximum atomic E-state index is 12.6. The van der Waals surface area contributed by atoms with E-state index in [0.717, 1.165) is 37.3 Å². The number of aryl methyl sites for hydroxylation is 1. The van der Waals surface area contributed by atoms with Gasteiger partial charge in [-0.1, -0.05) is 32.3 Å². The summed E-state index contributed by atoms with van der Waals surface area (Å²) in [6, 6.07) is 7.76. The third-order valence-corrected chi connectivity index (χ3v) is 5.68. The fraction of sp³-hybridized carbons (Fsp3) is 0.542. The van der Waals surface area contributed by atoms with Crippen molar-refractivity contribution in [3.8, 4) is 17.4 Å². The number of nitrogens with zero attached hydrogens (tertiary/aromatic N) is 4. The van der Waals surface area contributed by atoms with Crippen LogP contribution in [0.2, 0.25) is 0 Å². The molecule has 7 nitrogen and oxygen atoms in total. The number of rotatable bonds is 9. The van der Waals surface area contributed by atoms with Crippen molar-refractivity contribution >= 4 is 11.7 Å². The minimum Gasteiger partial charge on any atom is -0.493 e. The lowest BCUT2D eigenvalue weighted by molar-refractivity contribution is -0.133. The van der Waals surface area contributed by atoms with Crippen molar-refractivity contribution in [1.82, 2.24) is 14.9 Å². The minimum atomic E-state index is 0.143. The number of carbonyl (C=O) groups is 1. The maximum absolute atomic E-state index is 12.6. The molecule has 1 aliphatic heterocycles. The van der Waals surface area contributed by atoms with E-state index in [1.165, 1.54) is 19.2 Å². The molecule has 1 aromatic carbocycles. The number of piperazine rings is 1. The van der Waals surface area contributed by atoms with E-state index < -0.39 is 0 Å². The summed E-state index contributed by atoms with van der Waals surface area (Å²) in [5.74, 6) is 2.82. The van der Waals surface area contributed by atoms with Crippen LogP contribution in [0.3, 0.4) is 0 Å². The highest BCUT2D eigenvalue weighted by atomic mass is 16.5. The summed E-state index contributed by atoms with van der Waals surface area (Å²) in [5, 5.41) is 0. The number of hydrogen-bond acceptors (Lipinski definition) is 6. The smallest absolute Gasteiger partial charge is 0.224 e. The molecule has 1 amide bonds. The molecule has 1 aliphatic rings. The average Bonchev–Trinajstić information content (AvgIpc) is 2.78. The van der Waals surface area contributed by atoms with Crippen LogP contribution >= 0.6 is 0 Å². The topological polar surface area (TPSA) is 67.8 Å². The molecule has 0 saturated carbocycles. The van der Waals surface area contributed by atoms with Gasteiger partial charge in [0.2, 0.25) is 11.8 Å². The number of amides is 1. The van der Waals surface area contributed by atoms with Crippen LogP contribution in [0.15, 0.2) is 30.6 Å².